The molecule has 4 atom stereocenters. The summed E-state index contributed by atoms with van der Waals surface area (Å²) in [5.74, 6) is -1.33. The Bertz CT molecular complexity index is 4300. The molecule has 38 heteroatoms. The van der Waals surface area contributed by atoms with E-state index in [4.69, 9.17) is 134 Å². The molecule has 0 radical (unpaired) electrons. The van der Waals surface area contributed by atoms with E-state index < -0.39 is 44.3 Å². The Labute approximate surface area is 850 Å². The number of allylic oxidation sites excluding steroid dienone is 4. The van der Waals surface area contributed by atoms with Crippen molar-refractivity contribution in [2.75, 3.05) is 40.4 Å². The maximum Gasteiger partial charge on any atom is 1.00 e. The van der Waals surface area contributed by atoms with Crippen molar-refractivity contribution >= 4 is 193 Å². The Kier molecular flexibility index (Phi) is 65.3. The number of hydrogen-bond donors (Lipinski definition) is 4. The number of rotatable bonds is 13. The summed E-state index contributed by atoms with van der Waals surface area (Å²) in [5, 5.41) is 46.8. The minimum Gasteiger partial charge on any atom is -1.00 e. The summed E-state index contributed by atoms with van der Waals surface area (Å²) in [5.41, 5.74) is 7.55. The molecule has 634 valence electrons. The Morgan fingerprint density at radius 3 is 1.23 bits per heavy atom. The molecule has 6 aromatic carbocycles. The summed E-state index contributed by atoms with van der Waals surface area (Å²) in [6.07, 6.45) is 3.99. The second-order valence-corrected chi connectivity index (χ2v) is 31.9. The molecule has 23 nitrogen and oxygen atoms in total. The predicted molar refractivity (Wildman–Crippen MR) is 460 cm³/mol. The quantitative estimate of drug-likeness (QED) is 0.00960. The zero-order valence-corrected chi connectivity index (χ0v) is 83.0. The normalized spacial score (nSPS) is 14.0. The van der Waals surface area contributed by atoms with Crippen LogP contribution in [0.5, 0.6) is 34.5 Å². The number of halogens is 10. The van der Waals surface area contributed by atoms with Gasteiger partial charge in [0.2, 0.25) is 9.23 Å². The number of benzene rings is 6. The number of aromatic hydroxyl groups is 2. The Morgan fingerprint density at radius 2 is 0.889 bits per heavy atom. The zero-order chi connectivity index (χ0) is 86.8. The van der Waals surface area contributed by atoms with Gasteiger partial charge in [-0.2, -0.15) is 0 Å². The van der Waals surface area contributed by atoms with Gasteiger partial charge in [-0.15, -0.1) is 0 Å². The van der Waals surface area contributed by atoms with Gasteiger partial charge in [0.25, 0.3) is 18.2 Å². The van der Waals surface area contributed by atoms with Crippen molar-refractivity contribution in [2.24, 2.45) is 0 Å². The van der Waals surface area contributed by atoms with Crippen LogP contribution in [0.3, 0.4) is 0 Å². The van der Waals surface area contributed by atoms with Crippen LogP contribution in [0.2, 0.25) is 30.1 Å². The van der Waals surface area contributed by atoms with Crippen molar-refractivity contribution in [2.45, 2.75) is 152 Å². The fourth-order valence-electron chi connectivity index (χ4n) is 9.41. The van der Waals surface area contributed by atoms with E-state index in [0.717, 1.165) is 33.2 Å². The number of fused-ring (bicyclic) bond motifs is 3. The van der Waals surface area contributed by atoms with Crippen LogP contribution >= 0.6 is 119 Å². The van der Waals surface area contributed by atoms with Gasteiger partial charge in [0, 0.05) is 101 Å². The van der Waals surface area contributed by atoms with E-state index in [9.17, 15) is 39.0 Å². The molecule has 3 aliphatic rings. The standard InChI is InChI=1S/3C13H15ClO3.C12H12Cl2O2.C12H13ClO3.C8H7ClO3.C5H9Br.CH2O3.CH2O2.CH4.Al.Cl2OS.2K.Li.5H/c1-7-13(2,3)10-6-8(14)5-9(11(10)17-7)12(15)16-4;1-7(2)8(3)10-5-9(14)6-11(12(10)15)13(16)17-4;1-9(2)6-7-17-12-5-4-10(14)8-11(12)13(15)16-3;2*1-6-12(2,3)9-5-7(13)4-8(11(14)15)10(9)16-6;1-12-8(11)6-4-5(9)2-3-7(6)10;1-5(2)3-4-6;2-1-4-3;2-1-3;;;1-4(2)3;;;;;;;;/h5-7H,1-4H3;5-6,8,15H,1H2,2-4H3;4-6,8H,7H2,1-3H3;4-6H,1-3H3;4-6H,1-3H3,(H,14,15);2-4,10H,1H3;3H,4H2,1-2H3;1,3H;1H,(H,2,3);1H4;;;;;;;;;;/q;;;;;;;;;;;;3*+1;;;;2*-1/p-1. The number of alkyl halides is 1. The molecule has 0 amide bonds. The van der Waals surface area contributed by atoms with Crippen molar-refractivity contribution in [1.29, 1.82) is 0 Å². The first-order valence-corrected chi connectivity index (χ1v) is 39.3. The van der Waals surface area contributed by atoms with Crippen LogP contribution in [-0.4, -0.2) is 149 Å². The molecule has 0 spiro atoms. The molecule has 4 N–H and O–H groups in total. The fraction of sp³-hybridized carbons (Fsp3) is 0.367. The summed E-state index contributed by atoms with van der Waals surface area (Å²) in [4.78, 5) is 87.6. The van der Waals surface area contributed by atoms with E-state index in [1.54, 1.807) is 36.4 Å². The molecule has 9 rings (SSSR count). The van der Waals surface area contributed by atoms with Crippen molar-refractivity contribution in [1.82, 2.24) is 0 Å². The number of carbonyl (C=O) groups excluding carboxylic acids is 6. The van der Waals surface area contributed by atoms with Gasteiger partial charge in [-0.05, 0) is 158 Å². The third kappa shape index (κ3) is 40.6. The van der Waals surface area contributed by atoms with Crippen molar-refractivity contribution in [3.8, 4) is 34.5 Å². The number of phenols is 2. The molecule has 0 bridgehead atoms. The maximum atomic E-state index is 11.7. The van der Waals surface area contributed by atoms with Gasteiger partial charge in [-0.25, -0.2) is 28.2 Å². The molecule has 3 aliphatic heterocycles. The average molecular weight is 1960 g/mol. The first kappa shape index (κ1) is 125. The topological polar surface area (TPSA) is 341 Å². The molecular formula is C79H98AlBrCl9K2LiO23S. The third-order valence-electron chi connectivity index (χ3n) is 16.7. The van der Waals surface area contributed by atoms with Gasteiger partial charge in [0.1, 0.15) is 87.2 Å². The van der Waals surface area contributed by atoms with Crippen LogP contribution in [0, 0.1) is 0 Å². The molecule has 0 aromatic heterocycles. The van der Waals surface area contributed by atoms with Crippen LogP contribution < -0.4 is 146 Å². The number of aromatic carboxylic acids is 1. The van der Waals surface area contributed by atoms with E-state index >= 15 is 0 Å². The van der Waals surface area contributed by atoms with Gasteiger partial charge in [-0.1, -0.05) is 171 Å². The van der Waals surface area contributed by atoms with Crippen LogP contribution in [-0.2, 0) is 58.9 Å². The smallest absolute Gasteiger partial charge is 1.00 e. The number of ether oxygens (including phenoxy) is 8. The number of carbonyl (C=O) groups is 8. The summed E-state index contributed by atoms with van der Waals surface area (Å²) < 4.78 is 50.1. The molecule has 6 aromatic rings. The van der Waals surface area contributed by atoms with Crippen molar-refractivity contribution < 1.29 is 236 Å². The second-order valence-electron chi connectivity index (χ2n) is 25.8. The van der Waals surface area contributed by atoms with E-state index in [1.165, 1.54) is 70.4 Å². The number of carboxylic acids is 1. The number of phenolic OH excluding ortho intramolecular Hbond substituents is 2. The number of esters is 4. The number of hydrogen-bond acceptors (Lipinski definition) is 21. The Hall–Kier alpha value is -3.10. The minimum atomic E-state index is -1.67. The van der Waals surface area contributed by atoms with E-state index in [-0.39, 0.29) is 231 Å². The maximum absolute atomic E-state index is 11.7. The van der Waals surface area contributed by atoms with Crippen LogP contribution in [0.4, 0.5) is 0 Å². The third-order valence-corrected chi connectivity index (χ3v) is 18.6. The second kappa shape index (κ2) is 61.3. The first-order chi connectivity index (χ1) is 51.9. The van der Waals surface area contributed by atoms with E-state index in [0.29, 0.717) is 82.0 Å². The molecule has 3 heterocycles. The Morgan fingerprint density at radius 1 is 0.581 bits per heavy atom. The van der Waals surface area contributed by atoms with Crippen LogP contribution in [0.15, 0.2) is 120 Å². The van der Waals surface area contributed by atoms with E-state index in [1.807, 2.05) is 80.5 Å². The molecule has 0 fully saturated rings. The van der Waals surface area contributed by atoms with Gasteiger partial charge in [0.15, 0.2) is 17.4 Å². The summed E-state index contributed by atoms with van der Waals surface area (Å²) >= 11 is 44.1. The monoisotopic (exact) mass is 1950 g/mol. The number of methoxy groups -OCH3 is 4. The van der Waals surface area contributed by atoms with Crippen molar-refractivity contribution in [3.63, 3.8) is 0 Å². The van der Waals surface area contributed by atoms with Gasteiger partial charge in [-0.3, -0.25) is 14.4 Å². The molecule has 0 saturated carbocycles. The minimum absolute atomic E-state index is 0. The average Bonchev–Trinajstić information content (AvgIpc) is 1.61. The van der Waals surface area contributed by atoms with E-state index in [2.05, 4.69) is 111 Å². The van der Waals surface area contributed by atoms with Crippen molar-refractivity contribution in [3.05, 3.63) is 206 Å². The molecule has 117 heavy (non-hydrogen) atoms. The molecule has 0 saturated heterocycles. The summed E-state index contributed by atoms with van der Waals surface area (Å²) in [6.45, 7) is 33.8. The van der Waals surface area contributed by atoms with Gasteiger partial charge in [0.05, 0.1) is 34.0 Å². The zero-order valence-electron chi connectivity index (χ0n) is 69.6. The summed E-state index contributed by atoms with van der Waals surface area (Å²) in [6, 6.07) is 22.1. The molecule has 0 aliphatic carbocycles. The molecule has 4 unspecified atom stereocenters. The molecular weight excluding hydrogens is 1860 g/mol. The Balaban J connectivity index is -0.000000197. The summed E-state index contributed by atoms with van der Waals surface area (Å²) in [7, 11) is 12.5. The fourth-order valence-corrected chi connectivity index (χ4v) is 11.4. The first-order valence-electron chi connectivity index (χ1n) is 32.7. The van der Waals surface area contributed by atoms with Crippen LogP contribution in [0.25, 0.3) is 0 Å². The van der Waals surface area contributed by atoms with Gasteiger partial charge < -0.3 is 71.3 Å². The number of carboxylic acid groups (broad SMARTS) is 2. The van der Waals surface area contributed by atoms with Gasteiger partial charge >= 0.3 is 151 Å². The predicted octanol–water partition coefficient (Wildman–Crippen LogP) is 11.1. The largest absolute Gasteiger partial charge is 1.00 e. The SMILES string of the molecule is C.C=C(C)C(C)c1cc(Cl)cc(C(=O)OC)c1O.CC(C)=CCBr.CC1Oc2c(C(=O)Cl)cc(Cl)cc2C1(C)C.CC1Oc2c(C(=O)O)cc(Cl)cc2C1(C)C.COC(=O)c1cc(Cl)cc2c1OC(C)C2(C)C.COC(=O)c1cc(Cl)ccc1O.COC(=O)c1cc(Cl)ccc1OCC=C(C)C.O=CO.O=CO[O-].O=S(Cl)Cl.[AlH3].[H-].[H-].[K+].[K+].[Li+]. The van der Waals surface area contributed by atoms with Crippen LogP contribution in [0.1, 0.15) is 204 Å².